The number of nitrogens with one attached hydrogen (secondary N) is 1. The molecule has 1 N–H and O–H groups in total. The van der Waals surface area contributed by atoms with Gasteiger partial charge < -0.3 is 5.32 Å². The lowest BCUT2D eigenvalue weighted by molar-refractivity contribution is -0.125. The minimum Gasteiger partial charge on any atom is -0.359 e. The van der Waals surface area contributed by atoms with Crippen LogP contribution in [-0.2, 0) is 4.79 Å². The van der Waals surface area contributed by atoms with Crippen molar-refractivity contribution in [2.75, 3.05) is 7.05 Å². The molecule has 0 bridgehead atoms. The van der Waals surface area contributed by atoms with E-state index in [1.807, 2.05) is 0 Å². The molecule has 0 aromatic rings. The lowest BCUT2D eigenvalue weighted by atomic mass is 9.90. The van der Waals surface area contributed by atoms with E-state index in [0.29, 0.717) is 0 Å². The maximum absolute atomic E-state index is 11.9. The van der Waals surface area contributed by atoms with Crippen LogP contribution in [0.4, 0.5) is 0 Å². The molecule has 0 aliphatic rings. The van der Waals surface area contributed by atoms with Gasteiger partial charge in [0.1, 0.15) is 0 Å². The standard InChI is InChI=1S/C19H39NO/c1-5-8-10-15-18(19(21)20-4)16-12-11-14-17(7-3)13-9-6-2/h17-18H,5-16H2,1-4H3,(H,20,21). The molecule has 21 heavy (non-hydrogen) atoms. The minimum atomic E-state index is 0.247. The van der Waals surface area contributed by atoms with Gasteiger partial charge in [-0.1, -0.05) is 85.0 Å². The van der Waals surface area contributed by atoms with E-state index in [1.165, 1.54) is 64.2 Å². The number of unbranched alkanes of at least 4 members (excludes halogenated alkanes) is 4. The Morgan fingerprint density at radius 3 is 1.86 bits per heavy atom. The second-order valence-electron chi connectivity index (χ2n) is 6.51. The molecule has 0 rings (SSSR count). The van der Waals surface area contributed by atoms with Crippen LogP contribution in [0, 0.1) is 11.8 Å². The number of carbonyl (C=O) groups is 1. The van der Waals surface area contributed by atoms with Crippen molar-refractivity contribution in [2.45, 2.75) is 97.8 Å². The summed E-state index contributed by atoms with van der Waals surface area (Å²) in [4.78, 5) is 11.9. The molecule has 0 heterocycles. The van der Waals surface area contributed by atoms with Gasteiger partial charge in [0.2, 0.25) is 5.91 Å². The molecule has 0 fully saturated rings. The van der Waals surface area contributed by atoms with Gasteiger partial charge >= 0.3 is 0 Å². The first-order valence-corrected chi connectivity index (χ1v) is 9.41. The first kappa shape index (κ1) is 20.5. The van der Waals surface area contributed by atoms with Crippen LogP contribution in [-0.4, -0.2) is 13.0 Å². The van der Waals surface area contributed by atoms with Gasteiger partial charge in [-0.2, -0.15) is 0 Å². The van der Waals surface area contributed by atoms with Gasteiger partial charge in [-0.25, -0.2) is 0 Å². The van der Waals surface area contributed by atoms with Crippen LogP contribution in [0.25, 0.3) is 0 Å². The van der Waals surface area contributed by atoms with E-state index in [2.05, 4.69) is 26.1 Å². The third-order valence-corrected chi connectivity index (χ3v) is 4.73. The Kier molecular flexibility index (Phi) is 14.0. The fourth-order valence-electron chi connectivity index (χ4n) is 3.12. The van der Waals surface area contributed by atoms with E-state index in [9.17, 15) is 4.79 Å². The van der Waals surface area contributed by atoms with Gasteiger partial charge in [-0.15, -0.1) is 0 Å². The predicted octanol–water partition coefficient (Wildman–Crippen LogP) is 5.71. The van der Waals surface area contributed by atoms with E-state index in [-0.39, 0.29) is 11.8 Å². The third-order valence-electron chi connectivity index (χ3n) is 4.73. The molecule has 2 nitrogen and oxygen atoms in total. The normalized spacial score (nSPS) is 13.9. The van der Waals surface area contributed by atoms with E-state index < -0.39 is 0 Å². The van der Waals surface area contributed by atoms with E-state index >= 15 is 0 Å². The van der Waals surface area contributed by atoms with Crippen LogP contribution in [0.15, 0.2) is 0 Å². The van der Waals surface area contributed by atoms with Crippen LogP contribution in [0.5, 0.6) is 0 Å². The van der Waals surface area contributed by atoms with Crippen LogP contribution >= 0.6 is 0 Å². The van der Waals surface area contributed by atoms with Crippen molar-refractivity contribution in [1.82, 2.24) is 5.32 Å². The Hall–Kier alpha value is -0.530. The number of carbonyl (C=O) groups excluding carboxylic acids is 1. The smallest absolute Gasteiger partial charge is 0.222 e. The van der Waals surface area contributed by atoms with Gasteiger partial charge in [0.05, 0.1) is 0 Å². The molecule has 0 aliphatic carbocycles. The lowest BCUT2D eigenvalue weighted by Gasteiger charge is -2.17. The number of rotatable bonds is 14. The summed E-state index contributed by atoms with van der Waals surface area (Å²) in [6.45, 7) is 6.81. The highest BCUT2D eigenvalue weighted by atomic mass is 16.1. The summed E-state index contributed by atoms with van der Waals surface area (Å²) in [7, 11) is 1.77. The van der Waals surface area contributed by atoms with Crippen molar-refractivity contribution < 1.29 is 4.79 Å². The maximum Gasteiger partial charge on any atom is 0.222 e. The molecule has 2 heteroatoms. The summed E-state index contributed by atoms with van der Waals surface area (Å²) in [5, 5.41) is 2.84. The summed E-state index contributed by atoms with van der Waals surface area (Å²) in [5.41, 5.74) is 0. The Morgan fingerprint density at radius 1 is 0.810 bits per heavy atom. The number of hydrogen-bond donors (Lipinski definition) is 1. The predicted molar refractivity (Wildman–Crippen MR) is 93.5 cm³/mol. The molecule has 2 unspecified atom stereocenters. The topological polar surface area (TPSA) is 29.1 Å². The molecular weight excluding hydrogens is 258 g/mol. The van der Waals surface area contributed by atoms with Gasteiger partial charge in [0.15, 0.2) is 0 Å². The fraction of sp³-hybridized carbons (Fsp3) is 0.947. The second kappa shape index (κ2) is 14.4. The number of amides is 1. The zero-order chi connectivity index (χ0) is 15.9. The van der Waals surface area contributed by atoms with Crippen LogP contribution in [0.2, 0.25) is 0 Å². The zero-order valence-electron chi connectivity index (χ0n) is 15.0. The molecule has 0 aliphatic heterocycles. The summed E-state index contributed by atoms with van der Waals surface area (Å²) in [6, 6.07) is 0. The summed E-state index contributed by atoms with van der Waals surface area (Å²) in [6.07, 6.45) is 15.1. The van der Waals surface area contributed by atoms with Gasteiger partial charge in [0.25, 0.3) is 0 Å². The summed E-state index contributed by atoms with van der Waals surface area (Å²) < 4.78 is 0. The van der Waals surface area contributed by atoms with Crippen LogP contribution < -0.4 is 5.32 Å². The lowest BCUT2D eigenvalue weighted by Crippen LogP contribution is -2.27. The van der Waals surface area contributed by atoms with E-state index in [1.54, 1.807) is 7.05 Å². The van der Waals surface area contributed by atoms with Crippen molar-refractivity contribution in [1.29, 1.82) is 0 Å². The number of hydrogen-bond acceptors (Lipinski definition) is 1. The molecule has 0 radical (unpaired) electrons. The molecule has 0 spiro atoms. The highest BCUT2D eigenvalue weighted by Crippen LogP contribution is 2.22. The SMILES string of the molecule is CCCCCC(CCCCC(CC)CCCC)C(=O)NC. The molecule has 0 saturated carbocycles. The van der Waals surface area contributed by atoms with Gasteiger partial charge in [-0.3, -0.25) is 4.79 Å². The molecule has 2 atom stereocenters. The first-order valence-electron chi connectivity index (χ1n) is 9.41. The average molecular weight is 298 g/mol. The molecule has 0 aromatic heterocycles. The zero-order valence-corrected chi connectivity index (χ0v) is 15.0. The molecule has 0 saturated heterocycles. The first-order chi connectivity index (χ1) is 10.2. The highest BCUT2D eigenvalue weighted by Gasteiger charge is 2.16. The van der Waals surface area contributed by atoms with Crippen molar-refractivity contribution in [2.24, 2.45) is 11.8 Å². The largest absolute Gasteiger partial charge is 0.359 e. The Balaban J connectivity index is 3.91. The van der Waals surface area contributed by atoms with Crippen molar-refractivity contribution in [3.63, 3.8) is 0 Å². The van der Waals surface area contributed by atoms with Gasteiger partial charge in [-0.05, 0) is 18.8 Å². The van der Waals surface area contributed by atoms with Crippen LogP contribution in [0.3, 0.4) is 0 Å². The Morgan fingerprint density at radius 2 is 1.33 bits per heavy atom. The quantitative estimate of drug-likeness (QED) is 0.409. The minimum absolute atomic E-state index is 0.247. The van der Waals surface area contributed by atoms with E-state index in [4.69, 9.17) is 0 Å². The van der Waals surface area contributed by atoms with Crippen LogP contribution in [0.1, 0.15) is 97.8 Å². The molecular formula is C19H39NO. The van der Waals surface area contributed by atoms with Crippen molar-refractivity contribution in [3.05, 3.63) is 0 Å². The monoisotopic (exact) mass is 297 g/mol. The summed E-state index contributed by atoms with van der Waals surface area (Å²) in [5.74, 6) is 1.41. The molecule has 126 valence electrons. The summed E-state index contributed by atoms with van der Waals surface area (Å²) >= 11 is 0. The average Bonchev–Trinajstić information content (AvgIpc) is 2.51. The third kappa shape index (κ3) is 10.8. The van der Waals surface area contributed by atoms with Gasteiger partial charge in [0, 0.05) is 13.0 Å². The fourth-order valence-corrected chi connectivity index (χ4v) is 3.12. The highest BCUT2D eigenvalue weighted by molar-refractivity contribution is 5.78. The van der Waals surface area contributed by atoms with E-state index in [0.717, 1.165) is 18.8 Å². The molecule has 1 amide bonds. The van der Waals surface area contributed by atoms with Crippen molar-refractivity contribution in [3.8, 4) is 0 Å². The van der Waals surface area contributed by atoms with Crippen molar-refractivity contribution >= 4 is 5.91 Å². The Labute approximate surface area is 133 Å². The second-order valence-corrected chi connectivity index (χ2v) is 6.51. The maximum atomic E-state index is 11.9. The molecule has 0 aromatic carbocycles. The Bertz CT molecular complexity index is 240.